The van der Waals surface area contributed by atoms with Gasteiger partial charge in [-0.3, -0.25) is 0 Å². The number of ether oxygens (including phenoxy) is 3. The molecule has 0 bridgehead atoms. The lowest BCUT2D eigenvalue weighted by Crippen LogP contribution is -2.38. The average molecular weight is 343 g/mol. The lowest BCUT2D eigenvalue weighted by atomic mass is 10.1. The number of anilines is 1. The second-order valence-corrected chi connectivity index (χ2v) is 6.19. The summed E-state index contributed by atoms with van der Waals surface area (Å²) in [4.78, 5) is 4.37. The molecule has 2 fully saturated rings. The second-order valence-electron chi connectivity index (χ2n) is 5.27. The summed E-state index contributed by atoms with van der Waals surface area (Å²) < 4.78 is 18.3. The van der Waals surface area contributed by atoms with Gasteiger partial charge < -0.3 is 19.5 Å². The fourth-order valence-corrected chi connectivity index (χ4v) is 3.04. The number of halogens is 1. The Balaban J connectivity index is 1.54. The molecule has 0 radical (unpaired) electrons. The Hall–Kier alpha value is -0.690. The van der Waals surface area contributed by atoms with Crippen molar-refractivity contribution in [1.29, 1.82) is 0 Å². The molecule has 0 aromatic carbocycles. The van der Waals surface area contributed by atoms with Gasteiger partial charge in [-0.2, -0.15) is 0 Å². The van der Waals surface area contributed by atoms with E-state index in [4.69, 9.17) is 14.2 Å². The van der Waals surface area contributed by atoms with E-state index in [9.17, 15) is 0 Å². The number of hydrogen-bond acceptors (Lipinski definition) is 5. The molecule has 0 saturated carbocycles. The molecule has 0 aliphatic carbocycles. The van der Waals surface area contributed by atoms with Crippen molar-refractivity contribution in [2.75, 3.05) is 31.7 Å². The van der Waals surface area contributed by atoms with E-state index >= 15 is 0 Å². The summed E-state index contributed by atoms with van der Waals surface area (Å²) in [5, 5.41) is 3.34. The van der Waals surface area contributed by atoms with Gasteiger partial charge in [0.2, 0.25) is 0 Å². The maximum absolute atomic E-state index is 6.07. The van der Waals surface area contributed by atoms with Crippen LogP contribution < -0.4 is 5.32 Å². The van der Waals surface area contributed by atoms with E-state index in [2.05, 4.69) is 26.2 Å². The van der Waals surface area contributed by atoms with E-state index in [1.807, 2.05) is 13.0 Å². The van der Waals surface area contributed by atoms with Crippen LogP contribution in [0.5, 0.6) is 0 Å². The fourth-order valence-electron chi connectivity index (χ4n) is 2.60. The first kappa shape index (κ1) is 14.3. The highest BCUT2D eigenvalue weighted by molar-refractivity contribution is 9.10. The minimum atomic E-state index is -0.410. The second kappa shape index (κ2) is 5.97. The van der Waals surface area contributed by atoms with Gasteiger partial charge in [0.05, 0.1) is 19.8 Å². The highest BCUT2D eigenvalue weighted by Gasteiger charge is 2.42. The Kier molecular flexibility index (Phi) is 4.26. The molecule has 1 aromatic rings. The molecular weight excluding hydrogens is 324 g/mol. The third-order valence-corrected chi connectivity index (χ3v) is 4.14. The lowest BCUT2D eigenvalue weighted by molar-refractivity contribution is -0.209. The van der Waals surface area contributed by atoms with E-state index in [-0.39, 0.29) is 6.10 Å². The predicted octanol–water partition coefficient (Wildman–Crippen LogP) is 2.49. The van der Waals surface area contributed by atoms with Gasteiger partial charge in [0, 0.05) is 30.1 Å². The summed E-state index contributed by atoms with van der Waals surface area (Å²) >= 11 is 3.41. The van der Waals surface area contributed by atoms with Crippen LogP contribution in [-0.4, -0.2) is 43.2 Å². The van der Waals surface area contributed by atoms with Crippen LogP contribution in [0.1, 0.15) is 18.4 Å². The van der Waals surface area contributed by atoms with Crippen LogP contribution in [-0.2, 0) is 14.2 Å². The van der Waals surface area contributed by atoms with E-state index in [0.717, 1.165) is 28.7 Å². The molecule has 2 saturated heterocycles. The molecule has 0 unspecified atom stereocenters. The minimum Gasteiger partial charge on any atom is -0.381 e. The molecule has 5 nitrogen and oxygen atoms in total. The van der Waals surface area contributed by atoms with E-state index in [0.29, 0.717) is 26.4 Å². The van der Waals surface area contributed by atoms with Gasteiger partial charge in [0.25, 0.3) is 0 Å². The highest BCUT2D eigenvalue weighted by Crippen LogP contribution is 2.33. The summed E-state index contributed by atoms with van der Waals surface area (Å²) in [7, 11) is 0. The number of hydrogen-bond donors (Lipinski definition) is 1. The van der Waals surface area contributed by atoms with Crippen molar-refractivity contribution in [2.45, 2.75) is 31.7 Å². The smallest absolute Gasteiger partial charge is 0.173 e. The molecule has 1 aromatic heterocycles. The quantitative estimate of drug-likeness (QED) is 0.914. The van der Waals surface area contributed by atoms with Crippen LogP contribution in [0.2, 0.25) is 0 Å². The number of rotatable bonds is 3. The van der Waals surface area contributed by atoms with Crippen molar-refractivity contribution >= 4 is 21.7 Å². The van der Waals surface area contributed by atoms with Crippen molar-refractivity contribution in [3.8, 4) is 0 Å². The average Bonchev–Trinajstić information content (AvgIpc) is 2.82. The van der Waals surface area contributed by atoms with Crippen LogP contribution in [0, 0.1) is 6.92 Å². The summed E-state index contributed by atoms with van der Waals surface area (Å²) in [6.07, 6.45) is 3.50. The Morgan fingerprint density at radius 3 is 3.00 bits per heavy atom. The third-order valence-electron chi connectivity index (χ3n) is 3.71. The number of aryl methyl sites for hydroxylation is 1. The first-order valence-corrected chi connectivity index (χ1v) is 7.72. The lowest BCUT2D eigenvalue weighted by Gasteiger charge is -2.31. The van der Waals surface area contributed by atoms with Crippen molar-refractivity contribution < 1.29 is 14.2 Å². The number of pyridine rings is 1. The molecule has 2 aliphatic heterocycles. The molecule has 20 heavy (non-hydrogen) atoms. The largest absolute Gasteiger partial charge is 0.381 e. The van der Waals surface area contributed by atoms with Crippen molar-refractivity contribution in [2.24, 2.45) is 0 Å². The normalized spacial score (nSPS) is 25.0. The van der Waals surface area contributed by atoms with Gasteiger partial charge in [-0.05, 0) is 34.5 Å². The van der Waals surface area contributed by atoms with Crippen molar-refractivity contribution in [3.05, 3.63) is 22.3 Å². The molecule has 2 aliphatic rings. The van der Waals surface area contributed by atoms with Crippen LogP contribution in [0.15, 0.2) is 16.7 Å². The van der Waals surface area contributed by atoms with Gasteiger partial charge in [-0.15, -0.1) is 0 Å². The summed E-state index contributed by atoms with van der Waals surface area (Å²) in [6.45, 7) is 4.80. The Labute approximate surface area is 127 Å². The molecule has 3 heterocycles. The Morgan fingerprint density at radius 1 is 1.45 bits per heavy atom. The number of nitrogens with one attached hydrogen (secondary N) is 1. The van der Waals surface area contributed by atoms with E-state index in [1.165, 1.54) is 0 Å². The zero-order valence-electron chi connectivity index (χ0n) is 11.5. The fraction of sp³-hybridized carbons (Fsp3) is 0.643. The monoisotopic (exact) mass is 342 g/mol. The zero-order valence-corrected chi connectivity index (χ0v) is 13.1. The van der Waals surface area contributed by atoms with Gasteiger partial charge in [0.1, 0.15) is 11.9 Å². The van der Waals surface area contributed by atoms with Crippen LogP contribution >= 0.6 is 15.9 Å². The third kappa shape index (κ3) is 3.14. The Bertz CT molecular complexity index is 477. The van der Waals surface area contributed by atoms with E-state index < -0.39 is 5.79 Å². The number of nitrogens with zero attached hydrogens (tertiary/aromatic N) is 1. The van der Waals surface area contributed by atoms with Gasteiger partial charge >= 0.3 is 0 Å². The molecule has 3 rings (SSSR count). The highest BCUT2D eigenvalue weighted by atomic mass is 79.9. The zero-order chi connectivity index (χ0) is 14.0. The van der Waals surface area contributed by atoms with Crippen molar-refractivity contribution in [3.63, 3.8) is 0 Å². The minimum absolute atomic E-state index is 0.0675. The topological polar surface area (TPSA) is 52.6 Å². The molecule has 110 valence electrons. The number of aromatic nitrogens is 1. The molecular formula is C14H19BrN2O3. The van der Waals surface area contributed by atoms with Gasteiger partial charge in [-0.25, -0.2) is 4.98 Å². The van der Waals surface area contributed by atoms with Gasteiger partial charge in [0.15, 0.2) is 5.79 Å². The maximum atomic E-state index is 6.07. The van der Waals surface area contributed by atoms with Crippen molar-refractivity contribution in [1.82, 2.24) is 4.98 Å². The van der Waals surface area contributed by atoms with Gasteiger partial charge in [-0.1, -0.05) is 0 Å². The molecule has 0 amide bonds. The SMILES string of the molecule is Cc1cc(Br)cnc1NC[C@@H]1COC2(CCOCC2)O1. The standard InChI is InChI=1S/C14H19BrN2O3/c1-10-6-11(15)7-16-13(10)17-8-12-9-19-14(20-12)2-4-18-5-3-14/h6-7,12H,2-5,8-9H2,1H3,(H,16,17)/t12-/m1/s1. The maximum Gasteiger partial charge on any atom is 0.173 e. The molecule has 1 atom stereocenters. The summed E-state index contributed by atoms with van der Waals surface area (Å²) in [5.74, 6) is 0.483. The van der Waals surface area contributed by atoms with E-state index in [1.54, 1.807) is 6.20 Å². The molecule has 6 heteroatoms. The summed E-state index contributed by atoms with van der Waals surface area (Å²) in [6, 6.07) is 2.04. The summed E-state index contributed by atoms with van der Waals surface area (Å²) in [5.41, 5.74) is 1.11. The predicted molar refractivity (Wildman–Crippen MR) is 78.8 cm³/mol. The molecule has 1 N–H and O–H groups in total. The van der Waals surface area contributed by atoms with Crippen LogP contribution in [0.3, 0.4) is 0 Å². The first-order valence-electron chi connectivity index (χ1n) is 6.92. The Morgan fingerprint density at radius 2 is 2.25 bits per heavy atom. The van der Waals surface area contributed by atoms with Crippen LogP contribution in [0.4, 0.5) is 5.82 Å². The van der Waals surface area contributed by atoms with Crippen LogP contribution in [0.25, 0.3) is 0 Å². The molecule has 1 spiro atoms. The first-order chi connectivity index (χ1) is 9.67.